The van der Waals surface area contributed by atoms with E-state index in [1.165, 1.54) is 0 Å². The first kappa shape index (κ1) is 10.1. The molecule has 0 aromatic carbocycles. The first-order chi connectivity index (χ1) is 7.06. The Hall–Kier alpha value is -1.44. The molecule has 2 heterocycles. The molecule has 15 heavy (non-hydrogen) atoms. The lowest BCUT2D eigenvalue weighted by Crippen LogP contribution is -2.16. The average molecular weight is 227 g/mol. The first-order valence-electron chi connectivity index (χ1n) is 4.14. The summed E-state index contributed by atoms with van der Waals surface area (Å²) in [5, 5.41) is 4.72. The van der Waals surface area contributed by atoms with Crippen LogP contribution in [0, 0.1) is 0 Å². The molecular formula is C8H9N3O3S. The molecule has 0 saturated carbocycles. The molecule has 0 unspecified atom stereocenters. The van der Waals surface area contributed by atoms with Crippen LogP contribution in [0.2, 0.25) is 0 Å². The van der Waals surface area contributed by atoms with Crippen molar-refractivity contribution in [1.82, 2.24) is 9.38 Å². The molecule has 2 aromatic heterocycles. The second kappa shape index (κ2) is 3.61. The Morgan fingerprint density at radius 1 is 1.47 bits per heavy atom. The Morgan fingerprint density at radius 2 is 2.27 bits per heavy atom. The molecule has 0 fully saturated rings. The predicted molar refractivity (Wildman–Crippen MR) is 53.1 cm³/mol. The summed E-state index contributed by atoms with van der Waals surface area (Å²) in [4.78, 5) is 4.07. The zero-order valence-corrected chi connectivity index (χ0v) is 8.52. The van der Waals surface area contributed by atoms with Crippen molar-refractivity contribution in [3.63, 3.8) is 0 Å². The molecule has 0 bridgehead atoms. The summed E-state index contributed by atoms with van der Waals surface area (Å²) >= 11 is 0. The normalized spacial score (nSPS) is 12.1. The molecule has 2 rings (SSSR count). The highest BCUT2D eigenvalue weighted by Gasteiger charge is 2.06. The van der Waals surface area contributed by atoms with Gasteiger partial charge in [0.1, 0.15) is 12.3 Å². The Balaban J connectivity index is 2.29. The third-order valence-corrected chi connectivity index (χ3v) is 2.31. The third kappa shape index (κ3) is 2.32. The van der Waals surface area contributed by atoms with Gasteiger partial charge in [-0.1, -0.05) is 6.07 Å². The quantitative estimate of drug-likeness (QED) is 0.802. The standard InChI is InChI=1S/C8H9N3O3S/c9-15(12,13)14-6-7-5-10-8-3-1-2-4-11(7)8/h1-5H,6H2,(H2,9,12,13). The van der Waals surface area contributed by atoms with E-state index < -0.39 is 10.3 Å². The topological polar surface area (TPSA) is 86.7 Å². The lowest BCUT2D eigenvalue weighted by Gasteiger charge is -2.00. The van der Waals surface area contributed by atoms with Crippen molar-refractivity contribution in [3.05, 3.63) is 36.3 Å². The minimum absolute atomic E-state index is 0.121. The van der Waals surface area contributed by atoms with Crippen LogP contribution >= 0.6 is 0 Å². The van der Waals surface area contributed by atoms with Crippen LogP contribution in [0.5, 0.6) is 0 Å². The molecule has 6 nitrogen and oxygen atoms in total. The number of hydrogen-bond donors (Lipinski definition) is 1. The van der Waals surface area contributed by atoms with Gasteiger partial charge in [-0.05, 0) is 12.1 Å². The van der Waals surface area contributed by atoms with Gasteiger partial charge in [0, 0.05) is 6.20 Å². The van der Waals surface area contributed by atoms with Crippen LogP contribution in [-0.4, -0.2) is 17.8 Å². The van der Waals surface area contributed by atoms with Gasteiger partial charge >= 0.3 is 10.3 Å². The van der Waals surface area contributed by atoms with Crippen molar-refractivity contribution in [2.45, 2.75) is 6.61 Å². The summed E-state index contributed by atoms with van der Waals surface area (Å²) in [5.41, 5.74) is 1.35. The van der Waals surface area contributed by atoms with E-state index in [2.05, 4.69) is 9.17 Å². The molecule has 0 amide bonds. The summed E-state index contributed by atoms with van der Waals surface area (Å²) in [6, 6.07) is 5.46. The van der Waals surface area contributed by atoms with Gasteiger partial charge < -0.3 is 4.40 Å². The number of aromatic nitrogens is 2. The number of imidazole rings is 1. The van der Waals surface area contributed by atoms with Crippen LogP contribution in [0.25, 0.3) is 5.65 Å². The highest BCUT2D eigenvalue weighted by Crippen LogP contribution is 2.07. The third-order valence-electron chi connectivity index (χ3n) is 1.86. The van der Waals surface area contributed by atoms with E-state index in [-0.39, 0.29) is 6.61 Å². The van der Waals surface area contributed by atoms with E-state index in [0.717, 1.165) is 5.65 Å². The predicted octanol–water partition coefficient (Wildman–Crippen LogP) is 0.0544. The largest absolute Gasteiger partial charge is 0.333 e. The fourth-order valence-corrected chi connectivity index (χ4v) is 1.52. The molecule has 7 heteroatoms. The van der Waals surface area contributed by atoms with Gasteiger partial charge in [0.25, 0.3) is 0 Å². The summed E-state index contributed by atoms with van der Waals surface area (Å²) in [6.07, 6.45) is 3.31. The average Bonchev–Trinajstić information content (AvgIpc) is 2.57. The summed E-state index contributed by atoms with van der Waals surface area (Å²) < 4.78 is 27.4. The highest BCUT2D eigenvalue weighted by atomic mass is 32.2. The lowest BCUT2D eigenvalue weighted by molar-refractivity contribution is 0.303. The van der Waals surface area contributed by atoms with Gasteiger partial charge in [-0.15, -0.1) is 0 Å². The summed E-state index contributed by atoms with van der Waals surface area (Å²) in [5.74, 6) is 0. The van der Waals surface area contributed by atoms with E-state index in [9.17, 15) is 8.42 Å². The smallest absolute Gasteiger partial charge is 0.302 e. The zero-order chi connectivity index (χ0) is 10.9. The van der Waals surface area contributed by atoms with Crippen molar-refractivity contribution in [2.24, 2.45) is 5.14 Å². The monoisotopic (exact) mass is 227 g/mol. The van der Waals surface area contributed by atoms with Gasteiger partial charge in [-0.2, -0.15) is 8.42 Å². The molecule has 0 saturated heterocycles. The van der Waals surface area contributed by atoms with Crippen LogP contribution < -0.4 is 5.14 Å². The molecule has 0 aliphatic carbocycles. The Labute approximate surface area is 86.6 Å². The maximum atomic E-state index is 10.6. The second-order valence-electron chi connectivity index (χ2n) is 2.93. The maximum Gasteiger partial charge on any atom is 0.333 e. The minimum atomic E-state index is -3.91. The summed E-state index contributed by atoms with van der Waals surface area (Å²) in [7, 11) is -3.91. The molecule has 2 N–H and O–H groups in total. The molecule has 0 spiro atoms. The first-order valence-corrected chi connectivity index (χ1v) is 5.61. The maximum absolute atomic E-state index is 10.6. The van der Waals surface area contributed by atoms with E-state index in [1.807, 2.05) is 12.1 Å². The van der Waals surface area contributed by atoms with Crippen molar-refractivity contribution in [2.75, 3.05) is 0 Å². The lowest BCUT2D eigenvalue weighted by atomic mass is 10.4. The Morgan fingerprint density at radius 3 is 3.00 bits per heavy atom. The van der Waals surface area contributed by atoms with Crippen LogP contribution in [0.15, 0.2) is 30.6 Å². The fraction of sp³-hybridized carbons (Fsp3) is 0.125. The van der Waals surface area contributed by atoms with Gasteiger partial charge in [0.2, 0.25) is 0 Å². The Kier molecular flexibility index (Phi) is 2.43. The fourth-order valence-electron chi connectivity index (χ4n) is 1.23. The molecule has 0 radical (unpaired) electrons. The van der Waals surface area contributed by atoms with Crippen molar-refractivity contribution < 1.29 is 12.6 Å². The molecule has 0 atom stereocenters. The molecule has 2 aromatic rings. The van der Waals surface area contributed by atoms with Crippen molar-refractivity contribution in [1.29, 1.82) is 0 Å². The number of nitrogens with zero attached hydrogens (tertiary/aromatic N) is 2. The van der Waals surface area contributed by atoms with Crippen molar-refractivity contribution >= 4 is 16.0 Å². The van der Waals surface area contributed by atoms with Gasteiger partial charge in [0.15, 0.2) is 0 Å². The van der Waals surface area contributed by atoms with Crippen LogP contribution in [0.3, 0.4) is 0 Å². The van der Waals surface area contributed by atoms with Gasteiger partial charge in [-0.3, -0.25) is 4.18 Å². The minimum Gasteiger partial charge on any atom is -0.302 e. The molecular weight excluding hydrogens is 218 g/mol. The van der Waals surface area contributed by atoms with E-state index in [1.54, 1.807) is 22.9 Å². The summed E-state index contributed by atoms with van der Waals surface area (Å²) in [6.45, 7) is -0.121. The number of fused-ring (bicyclic) bond motifs is 1. The number of rotatable bonds is 3. The number of hydrogen-bond acceptors (Lipinski definition) is 4. The highest BCUT2D eigenvalue weighted by molar-refractivity contribution is 7.84. The molecule has 80 valence electrons. The van der Waals surface area contributed by atoms with Crippen LogP contribution in [0.4, 0.5) is 0 Å². The van der Waals surface area contributed by atoms with Gasteiger partial charge in [0.05, 0.1) is 11.9 Å². The van der Waals surface area contributed by atoms with Crippen LogP contribution in [0.1, 0.15) is 5.69 Å². The number of pyridine rings is 1. The van der Waals surface area contributed by atoms with Crippen molar-refractivity contribution in [3.8, 4) is 0 Å². The second-order valence-corrected chi connectivity index (χ2v) is 4.15. The van der Waals surface area contributed by atoms with E-state index >= 15 is 0 Å². The number of nitrogens with two attached hydrogens (primary N) is 1. The van der Waals surface area contributed by atoms with E-state index in [4.69, 9.17) is 5.14 Å². The van der Waals surface area contributed by atoms with E-state index in [0.29, 0.717) is 5.69 Å². The zero-order valence-electron chi connectivity index (χ0n) is 7.70. The molecule has 0 aliphatic heterocycles. The van der Waals surface area contributed by atoms with Gasteiger partial charge in [-0.25, -0.2) is 10.1 Å². The molecule has 0 aliphatic rings. The van der Waals surface area contributed by atoms with Crippen LogP contribution in [-0.2, 0) is 21.1 Å². The SMILES string of the molecule is NS(=O)(=O)OCc1cnc2ccccn12. The Bertz CT molecular complexity index is 576.